The highest BCUT2D eigenvalue weighted by molar-refractivity contribution is 5.85. The number of rotatable bonds is 6. The van der Waals surface area contributed by atoms with E-state index in [1.54, 1.807) is 12.5 Å². The Balaban J connectivity index is 1.77. The fourth-order valence-corrected chi connectivity index (χ4v) is 3.20. The quantitative estimate of drug-likeness (QED) is 0.888. The molecule has 5 heteroatoms. The molecular formula is C18H24N4O. The lowest BCUT2D eigenvalue weighted by atomic mass is 9.99. The Morgan fingerprint density at radius 3 is 2.87 bits per heavy atom. The molecule has 1 aromatic heterocycles. The van der Waals surface area contributed by atoms with Crippen LogP contribution in [0.1, 0.15) is 29.2 Å². The molecule has 2 aromatic rings. The summed E-state index contributed by atoms with van der Waals surface area (Å²) in [6.45, 7) is 2.17. The van der Waals surface area contributed by atoms with Gasteiger partial charge in [0.25, 0.3) is 0 Å². The molecule has 1 unspecified atom stereocenters. The molecule has 0 saturated heterocycles. The molecule has 23 heavy (non-hydrogen) atoms. The van der Waals surface area contributed by atoms with Crippen LogP contribution in [0.15, 0.2) is 36.8 Å². The second kappa shape index (κ2) is 6.96. The van der Waals surface area contributed by atoms with Crippen molar-refractivity contribution in [3.63, 3.8) is 0 Å². The Hall–Kier alpha value is -2.14. The molecule has 1 atom stereocenters. The molecule has 1 amide bonds. The van der Waals surface area contributed by atoms with Crippen molar-refractivity contribution in [1.82, 2.24) is 19.8 Å². The minimum atomic E-state index is -0.00344. The van der Waals surface area contributed by atoms with E-state index in [1.807, 2.05) is 25.1 Å². The van der Waals surface area contributed by atoms with Gasteiger partial charge in [-0.05, 0) is 38.1 Å². The molecule has 1 heterocycles. The number of aromatic amines is 1. The van der Waals surface area contributed by atoms with Gasteiger partial charge in [-0.1, -0.05) is 24.3 Å². The molecule has 0 bridgehead atoms. The minimum Gasteiger partial charge on any atom is -0.347 e. The lowest BCUT2D eigenvalue weighted by Crippen LogP contribution is -2.38. The number of nitrogens with one attached hydrogen (secondary N) is 1. The van der Waals surface area contributed by atoms with Crippen LogP contribution >= 0.6 is 0 Å². The van der Waals surface area contributed by atoms with Crippen molar-refractivity contribution < 1.29 is 4.79 Å². The number of hydrogen-bond acceptors (Lipinski definition) is 3. The van der Waals surface area contributed by atoms with Crippen LogP contribution in [0.2, 0.25) is 0 Å². The standard InChI is InChI=1S/C18H24N4O/c1-21(2)9-10-22(12-15-11-19-13-20-15)18(23)17-8-7-14-5-3-4-6-16(14)17/h3-6,11,13,17H,7-10,12H2,1-2H3,(H,19,20). The van der Waals surface area contributed by atoms with Crippen molar-refractivity contribution >= 4 is 5.91 Å². The maximum absolute atomic E-state index is 13.1. The van der Waals surface area contributed by atoms with E-state index in [0.29, 0.717) is 6.54 Å². The average molecular weight is 312 g/mol. The summed E-state index contributed by atoms with van der Waals surface area (Å²) in [7, 11) is 4.06. The van der Waals surface area contributed by atoms with Crippen molar-refractivity contribution in [2.75, 3.05) is 27.2 Å². The Morgan fingerprint density at radius 1 is 1.30 bits per heavy atom. The first-order chi connectivity index (χ1) is 11.1. The first-order valence-corrected chi connectivity index (χ1v) is 8.13. The minimum absolute atomic E-state index is 0.00344. The van der Waals surface area contributed by atoms with Crippen molar-refractivity contribution in [3.8, 4) is 0 Å². The molecule has 0 spiro atoms. The second-order valence-electron chi connectivity index (χ2n) is 6.43. The second-order valence-corrected chi connectivity index (χ2v) is 6.43. The molecule has 0 saturated carbocycles. The zero-order valence-electron chi connectivity index (χ0n) is 13.8. The van der Waals surface area contributed by atoms with E-state index in [9.17, 15) is 4.79 Å². The highest BCUT2D eigenvalue weighted by Gasteiger charge is 2.31. The topological polar surface area (TPSA) is 52.2 Å². The lowest BCUT2D eigenvalue weighted by molar-refractivity contribution is -0.133. The van der Waals surface area contributed by atoms with Crippen LogP contribution in [0.3, 0.4) is 0 Å². The number of amides is 1. The number of imidazole rings is 1. The fraction of sp³-hybridized carbons (Fsp3) is 0.444. The zero-order valence-corrected chi connectivity index (χ0v) is 13.8. The molecule has 0 aliphatic heterocycles. The van der Waals surface area contributed by atoms with Gasteiger partial charge in [-0.25, -0.2) is 4.98 Å². The summed E-state index contributed by atoms with van der Waals surface area (Å²) >= 11 is 0. The van der Waals surface area contributed by atoms with E-state index >= 15 is 0 Å². The first kappa shape index (κ1) is 15.7. The first-order valence-electron chi connectivity index (χ1n) is 8.13. The third-order valence-electron chi connectivity index (χ3n) is 4.48. The zero-order chi connectivity index (χ0) is 16.2. The van der Waals surface area contributed by atoms with Crippen LogP contribution in [0, 0.1) is 0 Å². The van der Waals surface area contributed by atoms with Crippen LogP contribution in [0.4, 0.5) is 0 Å². The number of fused-ring (bicyclic) bond motifs is 1. The summed E-state index contributed by atoms with van der Waals surface area (Å²) in [6, 6.07) is 8.33. The highest BCUT2D eigenvalue weighted by Crippen LogP contribution is 2.34. The predicted molar refractivity (Wildman–Crippen MR) is 90.1 cm³/mol. The van der Waals surface area contributed by atoms with E-state index < -0.39 is 0 Å². The van der Waals surface area contributed by atoms with Crippen molar-refractivity contribution in [3.05, 3.63) is 53.6 Å². The van der Waals surface area contributed by atoms with Gasteiger partial charge in [-0.3, -0.25) is 4.79 Å². The molecule has 122 valence electrons. The van der Waals surface area contributed by atoms with Crippen LogP contribution in [0.5, 0.6) is 0 Å². The molecule has 1 N–H and O–H groups in total. The van der Waals surface area contributed by atoms with E-state index in [-0.39, 0.29) is 11.8 Å². The van der Waals surface area contributed by atoms with Crippen molar-refractivity contribution in [2.45, 2.75) is 25.3 Å². The van der Waals surface area contributed by atoms with Crippen LogP contribution in [-0.2, 0) is 17.8 Å². The summed E-state index contributed by atoms with van der Waals surface area (Å²) in [5.74, 6) is 0.225. The summed E-state index contributed by atoms with van der Waals surface area (Å²) in [5.41, 5.74) is 3.50. The third kappa shape index (κ3) is 3.62. The van der Waals surface area contributed by atoms with Gasteiger partial charge in [0, 0.05) is 19.3 Å². The predicted octanol–water partition coefficient (Wildman–Crippen LogP) is 2.03. The Kier molecular flexibility index (Phi) is 4.76. The molecule has 1 aliphatic carbocycles. The molecule has 5 nitrogen and oxygen atoms in total. The number of benzene rings is 1. The van der Waals surface area contributed by atoms with Gasteiger partial charge in [-0.2, -0.15) is 0 Å². The Bertz CT molecular complexity index is 651. The third-order valence-corrected chi connectivity index (χ3v) is 4.48. The van der Waals surface area contributed by atoms with E-state index in [2.05, 4.69) is 33.1 Å². The van der Waals surface area contributed by atoms with Gasteiger partial charge < -0.3 is 14.8 Å². The SMILES string of the molecule is CN(C)CCN(Cc1cnc[nH]1)C(=O)C1CCc2ccccc21. The Labute approximate surface area is 137 Å². The fourth-order valence-electron chi connectivity index (χ4n) is 3.20. The Morgan fingerprint density at radius 2 is 2.13 bits per heavy atom. The van der Waals surface area contributed by atoms with Crippen LogP contribution in [0.25, 0.3) is 0 Å². The number of hydrogen-bond donors (Lipinski definition) is 1. The largest absolute Gasteiger partial charge is 0.347 e. The van der Waals surface area contributed by atoms with Crippen molar-refractivity contribution in [1.29, 1.82) is 0 Å². The van der Waals surface area contributed by atoms with Gasteiger partial charge in [0.1, 0.15) is 0 Å². The maximum Gasteiger partial charge on any atom is 0.230 e. The molecule has 0 radical (unpaired) electrons. The monoisotopic (exact) mass is 312 g/mol. The summed E-state index contributed by atoms with van der Waals surface area (Å²) in [6.07, 6.45) is 5.37. The molecule has 3 rings (SSSR count). The highest BCUT2D eigenvalue weighted by atomic mass is 16.2. The maximum atomic E-state index is 13.1. The number of likely N-dealkylation sites (N-methyl/N-ethyl adjacent to an activating group) is 1. The summed E-state index contributed by atoms with van der Waals surface area (Å²) < 4.78 is 0. The molecular weight excluding hydrogens is 288 g/mol. The molecule has 1 aromatic carbocycles. The van der Waals surface area contributed by atoms with Gasteiger partial charge in [0.05, 0.1) is 24.5 Å². The van der Waals surface area contributed by atoms with E-state index in [4.69, 9.17) is 0 Å². The molecule has 1 aliphatic rings. The van der Waals surface area contributed by atoms with Gasteiger partial charge in [-0.15, -0.1) is 0 Å². The number of carbonyl (C=O) groups excluding carboxylic acids is 1. The van der Waals surface area contributed by atoms with Crippen molar-refractivity contribution in [2.24, 2.45) is 0 Å². The number of H-pyrrole nitrogens is 1. The van der Waals surface area contributed by atoms with Gasteiger partial charge in [0.15, 0.2) is 0 Å². The smallest absolute Gasteiger partial charge is 0.230 e. The van der Waals surface area contributed by atoms with Gasteiger partial charge in [0.2, 0.25) is 5.91 Å². The van der Waals surface area contributed by atoms with E-state index in [0.717, 1.165) is 31.6 Å². The summed E-state index contributed by atoms with van der Waals surface area (Å²) in [4.78, 5) is 24.3. The van der Waals surface area contributed by atoms with Crippen LogP contribution < -0.4 is 0 Å². The van der Waals surface area contributed by atoms with E-state index in [1.165, 1.54) is 11.1 Å². The average Bonchev–Trinajstić information content (AvgIpc) is 3.20. The number of aromatic nitrogens is 2. The normalized spacial score (nSPS) is 16.6. The van der Waals surface area contributed by atoms with Crippen LogP contribution in [-0.4, -0.2) is 52.9 Å². The number of carbonyl (C=O) groups is 1. The number of aryl methyl sites for hydroxylation is 1. The van der Waals surface area contributed by atoms with Gasteiger partial charge >= 0.3 is 0 Å². The lowest BCUT2D eigenvalue weighted by Gasteiger charge is -2.27. The number of nitrogens with zero attached hydrogens (tertiary/aromatic N) is 3. The summed E-state index contributed by atoms with van der Waals surface area (Å²) in [5, 5.41) is 0. The molecule has 0 fully saturated rings.